The number of benzene rings is 2. The highest BCUT2D eigenvalue weighted by Gasteiger charge is 2.38. The zero-order valence-corrected chi connectivity index (χ0v) is 21.7. The van der Waals surface area contributed by atoms with Crippen molar-refractivity contribution >= 4 is 35.1 Å². The molecule has 1 aliphatic rings. The Morgan fingerprint density at radius 1 is 0.947 bits per heavy atom. The lowest BCUT2D eigenvalue weighted by Gasteiger charge is -2.37. The van der Waals surface area contributed by atoms with Crippen LogP contribution in [0.4, 0.5) is 0 Å². The van der Waals surface area contributed by atoms with Gasteiger partial charge in [0.1, 0.15) is 5.60 Å². The van der Waals surface area contributed by atoms with Gasteiger partial charge in [-0.1, -0.05) is 53.5 Å². The number of piperidine rings is 1. The Morgan fingerprint density at radius 2 is 1.63 bits per heavy atom. The third-order valence-corrected chi connectivity index (χ3v) is 7.30. The maximum atomic E-state index is 13.8. The molecule has 0 unspecified atom stereocenters. The van der Waals surface area contributed by atoms with Gasteiger partial charge in [0, 0.05) is 35.4 Å². The Bertz CT molecular complexity index is 1480. The van der Waals surface area contributed by atoms with Gasteiger partial charge in [0.2, 0.25) is 0 Å². The van der Waals surface area contributed by atoms with Crippen LogP contribution >= 0.6 is 23.2 Å². The van der Waals surface area contributed by atoms with Crippen LogP contribution in [0.25, 0.3) is 16.9 Å². The van der Waals surface area contributed by atoms with Crippen LogP contribution in [-0.2, 0) is 16.8 Å². The summed E-state index contributed by atoms with van der Waals surface area (Å²) < 4.78 is 1.52. The van der Waals surface area contributed by atoms with Crippen LogP contribution in [0.2, 0.25) is 10.0 Å². The summed E-state index contributed by atoms with van der Waals surface area (Å²) in [5.74, 6) is -1.51. The highest BCUT2D eigenvalue weighted by Crippen LogP contribution is 2.35. The quantitative estimate of drug-likeness (QED) is 0.350. The van der Waals surface area contributed by atoms with E-state index in [9.17, 15) is 19.8 Å². The minimum atomic E-state index is -1.15. The largest absolute Gasteiger partial charge is 0.481 e. The van der Waals surface area contributed by atoms with E-state index in [1.807, 2.05) is 6.07 Å². The van der Waals surface area contributed by atoms with Gasteiger partial charge in [-0.25, -0.2) is 4.68 Å². The Labute approximate surface area is 229 Å². The van der Waals surface area contributed by atoms with E-state index in [1.54, 1.807) is 71.8 Å². The molecule has 4 aromatic rings. The Morgan fingerprint density at radius 3 is 2.26 bits per heavy atom. The third kappa shape index (κ3) is 5.03. The molecule has 1 amide bonds. The molecule has 1 aliphatic heterocycles. The molecular weight excluding hydrogens is 527 g/mol. The number of carboxylic acid groups (broad SMARTS) is 1. The lowest BCUT2D eigenvalue weighted by Crippen LogP contribution is -2.45. The number of halogens is 2. The number of amides is 1. The van der Waals surface area contributed by atoms with Gasteiger partial charge < -0.3 is 15.1 Å². The summed E-state index contributed by atoms with van der Waals surface area (Å²) >= 11 is 12.6. The van der Waals surface area contributed by atoms with E-state index in [2.05, 4.69) is 10.1 Å². The molecule has 1 fully saturated rings. The van der Waals surface area contributed by atoms with Crippen LogP contribution in [0.3, 0.4) is 0 Å². The van der Waals surface area contributed by atoms with Crippen molar-refractivity contribution in [1.82, 2.24) is 19.7 Å². The molecule has 0 saturated carbocycles. The first kappa shape index (κ1) is 25.9. The molecule has 0 aliphatic carbocycles. The molecule has 38 heavy (non-hydrogen) atoms. The fourth-order valence-corrected chi connectivity index (χ4v) is 5.11. The normalized spacial score (nSPS) is 14.9. The van der Waals surface area contributed by atoms with Crippen LogP contribution in [0, 0.1) is 0 Å². The SMILES string of the molecule is O=C(O)Cc1c(C(=O)N2CCC(O)(c3ccccn3)CC2)nn(-c2ccccc2Cl)c1-c1ccc(Cl)cc1. The van der Waals surface area contributed by atoms with Crippen molar-refractivity contribution in [3.63, 3.8) is 0 Å². The molecule has 1 saturated heterocycles. The molecular formula is C28H24Cl2N4O4. The van der Waals surface area contributed by atoms with Crippen molar-refractivity contribution in [3.8, 4) is 16.9 Å². The van der Waals surface area contributed by atoms with Crippen molar-refractivity contribution in [1.29, 1.82) is 0 Å². The van der Waals surface area contributed by atoms with Crippen LogP contribution in [-0.4, -0.2) is 54.8 Å². The molecule has 0 atom stereocenters. The lowest BCUT2D eigenvalue weighted by atomic mass is 9.87. The maximum absolute atomic E-state index is 13.8. The average Bonchev–Trinajstić information content (AvgIpc) is 3.28. The number of nitrogens with zero attached hydrogens (tertiary/aromatic N) is 4. The first-order valence-corrected chi connectivity index (χ1v) is 12.8. The van der Waals surface area contributed by atoms with Gasteiger partial charge in [-0.05, 0) is 49.2 Å². The number of likely N-dealkylation sites (tertiary alicyclic amines) is 1. The minimum Gasteiger partial charge on any atom is -0.481 e. The van der Waals surface area contributed by atoms with Gasteiger partial charge in [-0.3, -0.25) is 14.6 Å². The Kier molecular flexibility index (Phi) is 7.21. The summed E-state index contributed by atoms with van der Waals surface area (Å²) in [6.07, 6.45) is 1.79. The average molecular weight is 551 g/mol. The van der Waals surface area contributed by atoms with Gasteiger partial charge in [-0.15, -0.1) is 0 Å². The summed E-state index contributed by atoms with van der Waals surface area (Å²) in [5.41, 5.74) is 1.31. The number of carbonyl (C=O) groups is 2. The fraction of sp³-hybridized carbons (Fsp3) is 0.214. The maximum Gasteiger partial charge on any atom is 0.307 e. The number of aliphatic hydroxyl groups is 1. The summed E-state index contributed by atoms with van der Waals surface area (Å²) in [5, 5.41) is 26.5. The predicted molar refractivity (Wildman–Crippen MR) is 144 cm³/mol. The number of pyridine rings is 1. The van der Waals surface area contributed by atoms with Crippen LogP contribution in [0.15, 0.2) is 72.9 Å². The molecule has 3 heterocycles. The van der Waals surface area contributed by atoms with E-state index in [0.29, 0.717) is 45.5 Å². The molecule has 2 N–H and O–H groups in total. The third-order valence-electron chi connectivity index (χ3n) is 6.73. The van der Waals surface area contributed by atoms with Gasteiger partial charge in [0.25, 0.3) is 5.91 Å². The van der Waals surface area contributed by atoms with E-state index in [1.165, 1.54) is 4.68 Å². The number of carboxylic acids is 1. The van der Waals surface area contributed by atoms with E-state index in [0.717, 1.165) is 0 Å². The van der Waals surface area contributed by atoms with Crippen molar-refractivity contribution in [2.45, 2.75) is 24.9 Å². The number of para-hydroxylation sites is 1. The van der Waals surface area contributed by atoms with E-state index in [-0.39, 0.29) is 24.3 Å². The molecule has 5 rings (SSSR count). The first-order chi connectivity index (χ1) is 18.3. The second kappa shape index (κ2) is 10.6. The van der Waals surface area contributed by atoms with Crippen LogP contribution in [0.1, 0.15) is 34.6 Å². The van der Waals surface area contributed by atoms with Gasteiger partial charge in [0.15, 0.2) is 5.69 Å². The summed E-state index contributed by atoms with van der Waals surface area (Å²) in [4.78, 5) is 31.7. The fourth-order valence-electron chi connectivity index (χ4n) is 4.77. The summed E-state index contributed by atoms with van der Waals surface area (Å²) in [7, 11) is 0. The first-order valence-electron chi connectivity index (χ1n) is 12.0. The van der Waals surface area contributed by atoms with Crippen molar-refractivity contribution in [2.24, 2.45) is 0 Å². The molecule has 0 spiro atoms. The molecule has 2 aromatic heterocycles. The molecule has 8 nitrogen and oxygen atoms in total. The molecule has 0 bridgehead atoms. The van der Waals surface area contributed by atoms with Gasteiger partial charge >= 0.3 is 5.97 Å². The monoisotopic (exact) mass is 550 g/mol. The lowest BCUT2D eigenvalue weighted by molar-refractivity contribution is -0.136. The smallest absolute Gasteiger partial charge is 0.307 e. The van der Waals surface area contributed by atoms with E-state index < -0.39 is 23.9 Å². The second-order valence-electron chi connectivity index (χ2n) is 9.16. The topological polar surface area (TPSA) is 109 Å². The van der Waals surface area contributed by atoms with Crippen LogP contribution < -0.4 is 0 Å². The number of rotatable bonds is 6. The molecule has 2 aromatic carbocycles. The summed E-state index contributed by atoms with van der Waals surface area (Å²) in [6.45, 7) is 0.515. The predicted octanol–water partition coefficient (Wildman–Crippen LogP) is 4.99. The van der Waals surface area contributed by atoms with Gasteiger partial charge in [0.05, 0.1) is 28.5 Å². The highest BCUT2D eigenvalue weighted by molar-refractivity contribution is 6.32. The number of aliphatic carboxylic acids is 1. The number of aromatic nitrogens is 3. The number of carbonyl (C=O) groups excluding carboxylic acids is 1. The molecule has 194 valence electrons. The standard InChI is InChI=1S/C28H24Cl2N4O4/c29-19-10-8-18(9-11-19)26-20(17-24(35)36)25(32-34(26)22-6-2-1-5-21(22)30)27(37)33-15-12-28(38,13-16-33)23-7-3-4-14-31-23/h1-11,14,38H,12-13,15-17H2,(H,35,36). The molecule has 0 radical (unpaired) electrons. The number of hydrogen-bond donors (Lipinski definition) is 2. The van der Waals surface area contributed by atoms with Crippen LogP contribution in [0.5, 0.6) is 0 Å². The Balaban J connectivity index is 1.57. The van der Waals surface area contributed by atoms with Crippen molar-refractivity contribution < 1.29 is 19.8 Å². The van der Waals surface area contributed by atoms with Crippen molar-refractivity contribution in [2.75, 3.05) is 13.1 Å². The molecule has 10 heteroatoms. The minimum absolute atomic E-state index is 0.0283. The van der Waals surface area contributed by atoms with Crippen molar-refractivity contribution in [3.05, 3.63) is 99.9 Å². The second-order valence-corrected chi connectivity index (χ2v) is 10.00. The van der Waals surface area contributed by atoms with Gasteiger partial charge in [-0.2, -0.15) is 5.10 Å². The van der Waals surface area contributed by atoms with E-state index >= 15 is 0 Å². The highest BCUT2D eigenvalue weighted by atomic mass is 35.5. The number of hydrogen-bond acceptors (Lipinski definition) is 5. The van der Waals surface area contributed by atoms with E-state index in [4.69, 9.17) is 23.2 Å². The zero-order chi connectivity index (χ0) is 26.9. The Hall–Kier alpha value is -3.72. The zero-order valence-electron chi connectivity index (χ0n) is 20.2. The summed E-state index contributed by atoms with van der Waals surface area (Å²) in [6, 6.07) is 19.3.